The Balaban J connectivity index is 1.85. The van der Waals surface area contributed by atoms with Crippen molar-refractivity contribution < 1.29 is 4.79 Å². The topological polar surface area (TPSA) is 55.1 Å². The van der Waals surface area contributed by atoms with E-state index in [1.54, 1.807) is 0 Å². The van der Waals surface area contributed by atoms with E-state index in [-0.39, 0.29) is 11.3 Å². The van der Waals surface area contributed by atoms with Crippen LogP contribution in [0.3, 0.4) is 0 Å². The maximum Gasteiger partial charge on any atom is 0.224 e. The molecular weight excluding hydrogens is 260 g/mol. The van der Waals surface area contributed by atoms with Crippen molar-refractivity contribution in [3.8, 4) is 0 Å². The van der Waals surface area contributed by atoms with E-state index in [4.69, 9.17) is 5.73 Å². The minimum atomic E-state index is 0.124. The summed E-state index contributed by atoms with van der Waals surface area (Å²) in [6, 6.07) is 8.52. The minimum absolute atomic E-state index is 0.124. The van der Waals surface area contributed by atoms with Gasteiger partial charge in [0.05, 0.1) is 0 Å². The van der Waals surface area contributed by atoms with Crippen molar-refractivity contribution in [1.82, 2.24) is 0 Å². The van der Waals surface area contributed by atoms with Crippen LogP contribution in [0.5, 0.6) is 0 Å². The third-order valence-electron chi connectivity index (χ3n) is 4.40. The summed E-state index contributed by atoms with van der Waals surface area (Å²) in [5, 5.41) is 3.01. The molecule has 3 nitrogen and oxygen atoms in total. The standard InChI is InChI=1S/C18H28N2O/c1-18(2,3)14-6-10-16(11-7-14)20-17(21)12-13-4-8-15(19)9-5-13/h6-7,10-11,13,15H,4-5,8-9,12,19H2,1-3H3,(H,20,21). The van der Waals surface area contributed by atoms with Crippen molar-refractivity contribution in [3.05, 3.63) is 29.8 Å². The summed E-state index contributed by atoms with van der Waals surface area (Å²) < 4.78 is 0. The zero-order valence-corrected chi connectivity index (χ0v) is 13.5. The molecule has 1 aliphatic carbocycles. The third-order valence-corrected chi connectivity index (χ3v) is 4.40. The second-order valence-corrected chi connectivity index (χ2v) is 7.36. The van der Waals surface area contributed by atoms with Crippen molar-refractivity contribution in [2.24, 2.45) is 11.7 Å². The molecule has 0 atom stereocenters. The number of anilines is 1. The molecule has 0 saturated heterocycles. The largest absolute Gasteiger partial charge is 0.328 e. The number of carbonyl (C=O) groups is 1. The highest BCUT2D eigenvalue weighted by molar-refractivity contribution is 5.90. The van der Waals surface area contributed by atoms with E-state index in [1.807, 2.05) is 12.1 Å². The van der Waals surface area contributed by atoms with Crippen molar-refractivity contribution in [3.63, 3.8) is 0 Å². The Hall–Kier alpha value is -1.35. The molecule has 1 aromatic carbocycles. The van der Waals surface area contributed by atoms with Gasteiger partial charge in [0.2, 0.25) is 5.91 Å². The van der Waals surface area contributed by atoms with E-state index in [0.29, 0.717) is 18.4 Å². The summed E-state index contributed by atoms with van der Waals surface area (Å²) >= 11 is 0. The number of hydrogen-bond donors (Lipinski definition) is 2. The first-order chi connectivity index (χ1) is 9.84. The Morgan fingerprint density at radius 1 is 1.14 bits per heavy atom. The Morgan fingerprint density at radius 2 is 1.71 bits per heavy atom. The fourth-order valence-electron chi connectivity index (χ4n) is 2.92. The van der Waals surface area contributed by atoms with Gasteiger partial charge in [-0.05, 0) is 54.7 Å². The van der Waals surface area contributed by atoms with Gasteiger partial charge in [-0.3, -0.25) is 4.79 Å². The van der Waals surface area contributed by atoms with Crippen LogP contribution in [0.25, 0.3) is 0 Å². The predicted octanol–water partition coefficient (Wildman–Crippen LogP) is 3.83. The summed E-state index contributed by atoms with van der Waals surface area (Å²) in [4.78, 5) is 12.1. The van der Waals surface area contributed by atoms with E-state index in [0.717, 1.165) is 31.4 Å². The maximum absolute atomic E-state index is 12.1. The molecule has 0 bridgehead atoms. The zero-order valence-electron chi connectivity index (χ0n) is 13.5. The summed E-state index contributed by atoms with van der Waals surface area (Å²) in [6.45, 7) is 6.57. The van der Waals surface area contributed by atoms with E-state index >= 15 is 0 Å². The van der Waals surface area contributed by atoms with E-state index < -0.39 is 0 Å². The second kappa shape index (κ2) is 6.61. The third kappa shape index (κ3) is 4.85. The van der Waals surface area contributed by atoms with Crippen LogP contribution in [0.2, 0.25) is 0 Å². The van der Waals surface area contributed by atoms with Gasteiger partial charge in [-0.15, -0.1) is 0 Å². The molecule has 0 spiro atoms. The van der Waals surface area contributed by atoms with Crippen molar-refractivity contribution >= 4 is 11.6 Å². The molecule has 1 fully saturated rings. The summed E-state index contributed by atoms with van der Waals surface area (Å²) in [5.41, 5.74) is 8.21. The van der Waals surface area contributed by atoms with Crippen molar-refractivity contribution in [2.45, 2.75) is 64.3 Å². The molecule has 0 radical (unpaired) electrons. The van der Waals surface area contributed by atoms with Crippen LogP contribution in [0.1, 0.15) is 58.4 Å². The monoisotopic (exact) mass is 288 g/mol. The first-order valence-electron chi connectivity index (χ1n) is 8.00. The molecule has 0 unspecified atom stereocenters. The smallest absolute Gasteiger partial charge is 0.224 e. The lowest BCUT2D eigenvalue weighted by atomic mass is 9.84. The van der Waals surface area contributed by atoms with E-state index in [2.05, 4.69) is 38.2 Å². The predicted molar refractivity (Wildman–Crippen MR) is 88.3 cm³/mol. The highest BCUT2D eigenvalue weighted by Gasteiger charge is 2.21. The molecule has 21 heavy (non-hydrogen) atoms. The SMILES string of the molecule is CC(C)(C)c1ccc(NC(=O)CC2CCC(N)CC2)cc1. The lowest BCUT2D eigenvalue weighted by molar-refractivity contribution is -0.117. The van der Waals surface area contributed by atoms with Crippen LogP contribution in [0, 0.1) is 5.92 Å². The van der Waals surface area contributed by atoms with Crippen LogP contribution in [0.15, 0.2) is 24.3 Å². The summed E-state index contributed by atoms with van der Waals surface area (Å²) in [6.07, 6.45) is 4.89. The van der Waals surface area contributed by atoms with Crippen LogP contribution in [-0.4, -0.2) is 11.9 Å². The Labute approximate surface area is 128 Å². The van der Waals surface area contributed by atoms with Gasteiger partial charge in [0.15, 0.2) is 0 Å². The number of nitrogens with two attached hydrogens (primary N) is 1. The summed E-state index contributed by atoms with van der Waals surface area (Å²) in [7, 11) is 0. The van der Waals surface area contributed by atoms with Gasteiger partial charge in [-0.1, -0.05) is 32.9 Å². The molecule has 1 aromatic rings. The normalized spacial score (nSPS) is 22.9. The molecule has 116 valence electrons. The molecule has 0 aliphatic heterocycles. The number of amides is 1. The van der Waals surface area contributed by atoms with Crippen LogP contribution in [-0.2, 0) is 10.2 Å². The molecule has 1 amide bonds. The van der Waals surface area contributed by atoms with Gasteiger partial charge in [0.25, 0.3) is 0 Å². The van der Waals surface area contributed by atoms with Gasteiger partial charge in [0, 0.05) is 18.2 Å². The van der Waals surface area contributed by atoms with Crippen LogP contribution >= 0.6 is 0 Å². The molecule has 2 rings (SSSR count). The number of carbonyl (C=O) groups excluding carboxylic acids is 1. The molecule has 1 saturated carbocycles. The fraction of sp³-hybridized carbons (Fsp3) is 0.611. The van der Waals surface area contributed by atoms with Crippen molar-refractivity contribution in [2.75, 3.05) is 5.32 Å². The molecular formula is C18H28N2O. The average molecular weight is 288 g/mol. The lowest BCUT2D eigenvalue weighted by Crippen LogP contribution is -2.28. The van der Waals surface area contributed by atoms with E-state index in [9.17, 15) is 4.79 Å². The Morgan fingerprint density at radius 3 is 2.24 bits per heavy atom. The molecule has 3 heteroatoms. The molecule has 0 aromatic heterocycles. The quantitative estimate of drug-likeness (QED) is 0.888. The fourth-order valence-corrected chi connectivity index (χ4v) is 2.92. The highest BCUT2D eigenvalue weighted by Crippen LogP contribution is 2.27. The maximum atomic E-state index is 12.1. The first-order valence-corrected chi connectivity index (χ1v) is 8.00. The molecule has 1 aliphatic rings. The second-order valence-electron chi connectivity index (χ2n) is 7.36. The number of hydrogen-bond acceptors (Lipinski definition) is 2. The lowest BCUT2D eigenvalue weighted by Gasteiger charge is -2.25. The van der Waals surface area contributed by atoms with Gasteiger partial charge in [-0.25, -0.2) is 0 Å². The van der Waals surface area contributed by atoms with Gasteiger partial charge in [-0.2, -0.15) is 0 Å². The molecule has 0 heterocycles. The zero-order chi connectivity index (χ0) is 15.5. The Bertz CT molecular complexity index is 465. The van der Waals surface area contributed by atoms with Gasteiger partial charge < -0.3 is 11.1 Å². The van der Waals surface area contributed by atoms with E-state index in [1.165, 1.54) is 5.56 Å². The number of nitrogens with one attached hydrogen (secondary N) is 1. The minimum Gasteiger partial charge on any atom is -0.328 e. The van der Waals surface area contributed by atoms with Crippen molar-refractivity contribution in [1.29, 1.82) is 0 Å². The number of benzene rings is 1. The van der Waals surface area contributed by atoms with Gasteiger partial charge >= 0.3 is 0 Å². The number of rotatable bonds is 3. The summed E-state index contributed by atoms with van der Waals surface area (Å²) in [5.74, 6) is 0.623. The first kappa shape index (κ1) is 16.0. The van der Waals surface area contributed by atoms with Crippen LogP contribution in [0.4, 0.5) is 5.69 Å². The van der Waals surface area contributed by atoms with Crippen LogP contribution < -0.4 is 11.1 Å². The highest BCUT2D eigenvalue weighted by atomic mass is 16.1. The molecule has 3 N–H and O–H groups in total. The average Bonchev–Trinajstić information content (AvgIpc) is 2.41. The van der Waals surface area contributed by atoms with Gasteiger partial charge in [0.1, 0.15) is 0 Å². The Kier molecular flexibility index (Phi) is 5.04.